The Morgan fingerprint density at radius 1 is 0.415 bits per heavy atom. The molecule has 4 unspecified atom stereocenters. The molecule has 0 bridgehead atoms. The molecule has 0 aromatic heterocycles. The molecule has 4 atom stereocenters. The maximum atomic E-state index is 11.4. The van der Waals surface area contributed by atoms with Gasteiger partial charge in [-0.05, 0) is 101 Å². The first-order chi connectivity index (χ1) is 31.0. The second-order valence-electron chi connectivity index (χ2n) is 17.5. The fourth-order valence-corrected chi connectivity index (χ4v) is 7.93. The summed E-state index contributed by atoms with van der Waals surface area (Å²) >= 11 is 0. The zero-order chi connectivity index (χ0) is 46.9. The fourth-order valence-electron chi connectivity index (χ4n) is 7.93. The molecule has 2 aromatic rings. The van der Waals surface area contributed by atoms with E-state index in [2.05, 4.69) is 38.1 Å². The van der Waals surface area contributed by atoms with Gasteiger partial charge in [-0.2, -0.15) is 0 Å². The summed E-state index contributed by atoms with van der Waals surface area (Å²) in [6, 6.07) is 20.6. The zero-order valence-electron chi connectivity index (χ0n) is 41.1. The van der Waals surface area contributed by atoms with Gasteiger partial charge in [0.2, 0.25) is 0 Å². The molecule has 2 rings (SSSR count). The van der Waals surface area contributed by atoms with Crippen molar-refractivity contribution in [3.63, 3.8) is 0 Å². The van der Waals surface area contributed by atoms with Crippen LogP contribution in [0.25, 0.3) is 0 Å². The van der Waals surface area contributed by atoms with Gasteiger partial charge in [-0.25, -0.2) is 0 Å². The van der Waals surface area contributed by atoms with Gasteiger partial charge in [0.05, 0.1) is 25.4 Å². The second-order valence-corrected chi connectivity index (χ2v) is 17.5. The Morgan fingerprint density at radius 2 is 0.692 bits per heavy atom. The summed E-state index contributed by atoms with van der Waals surface area (Å²) in [5, 5.41) is 21.3. The maximum absolute atomic E-state index is 11.4. The molecule has 0 aliphatic rings. The molecule has 0 aliphatic heterocycles. The molecule has 65 heavy (non-hydrogen) atoms. The monoisotopic (exact) mass is 1030 g/mol. The van der Waals surface area contributed by atoms with E-state index in [0.717, 1.165) is 64.2 Å². The summed E-state index contributed by atoms with van der Waals surface area (Å²) in [7, 11) is 0. The Morgan fingerprint density at radius 3 is 1.00 bits per heavy atom. The van der Waals surface area contributed by atoms with E-state index in [1.54, 1.807) is 0 Å². The van der Waals surface area contributed by atoms with Crippen molar-refractivity contribution in [3.05, 3.63) is 71.8 Å². The van der Waals surface area contributed by atoms with Gasteiger partial charge in [-0.1, -0.05) is 164 Å². The largest absolute Gasteiger partial charge is 2.00 e. The Labute approximate surface area is 434 Å². The molecule has 2 aromatic carbocycles. The third kappa shape index (κ3) is 40.6. The average molecular weight is 1030 g/mol. The van der Waals surface area contributed by atoms with E-state index in [1.807, 2.05) is 36.4 Å². The number of benzene rings is 2. The first-order valence-electron chi connectivity index (χ1n) is 25.1. The smallest absolute Gasteiger partial charge is 0.550 e. The topological polar surface area (TPSA) is 151 Å². The summed E-state index contributed by atoms with van der Waals surface area (Å²) in [6.45, 7) is 8.56. The number of carboxylic acid groups (broad SMARTS) is 2. The minimum absolute atomic E-state index is 0. The fraction of sp³-hybridized carbons (Fsp3) is 0.704. The van der Waals surface area contributed by atoms with Crippen molar-refractivity contribution in [2.24, 2.45) is 0 Å². The Hall–Kier alpha value is -2.19. The number of hydrogen-bond donors (Lipinski definition) is 0. The van der Waals surface area contributed by atoms with Crippen LogP contribution in [0.15, 0.2) is 60.7 Å². The van der Waals surface area contributed by atoms with Crippen LogP contribution in [-0.2, 0) is 51.3 Å². The summed E-state index contributed by atoms with van der Waals surface area (Å²) in [5.74, 6) is -2.73. The Bertz CT molecular complexity index is 1320. The third-order valence-electron chi connectivity index (χ3n) is 11.5. The van der Waals surface area contributed by atoms with E-state index in [4.69, 9.17) is 18.9 Å². The first-order valence-corrected chi connectivity index (χ1v) is 25.1. The SMILES string of the molecule is CCCCCCCCC(CCCCC(CCCC(=O)[O-])OC(C)=O)OCc1ccccc1.CCCCCCCCC(CCCCC(CCCC(=O)[O-])OC(C)=O)OCc1ccccc1.[Ba+2]. The van der Waals surface area contributed by atoms with Crippen LogP contribution < -0.4 is 10.2 Å². The molecular formula is C54H86BaO10. The van der Waals surface area contributed by atoms with E-state index in [0.29, 0.717) is 38.9 Å². The van der Waals surface area contributed by atoms with Crippen molar-refractivity contribution < 1.29 is 48.3 Å². The van der Waals surface area contributed by atoms with E-state index in [1.165, 1.54) is 102 Å². The predicted molar refractivity (Wildman–Crippen MR) is 258 cm³/mol. The average Bonchev–Trinajstić information content (AvgIpc) is 3.26. The van der Waals surface area contributed by atoms with Crippen molar-refractivity contribution in [1.82, 2.24) is 0 Å². The van der Waals surface area contributed by atoms with Crippen molar-refractivity contribution in [1.29, 1.82) is 0 Å². The van der Waals surface area contributed by atoms with Crippen molar-refractivity contribution in [2.75, 3.05) is 0 Å². The Kier molecular flexibility index (Phi) is 42.8. The number of carboxylic acids is 2. The molecule has 0 amide bonds. The molecular weight excluding hydrogens is 946 g/mol. The molecule has 0 heterocycles. The molecule has 0 saturated heterocycles. The molecule has 364 valence electrons. The van der Waals surface area contributed by atoms with Gasteiger partial charge in [-0.3, -0.25) is 9.59 Å². The van der Waals surface area contributed by atoms with Crippen LogP contribution in [0.2, 0.25) is 0 Å². The number of carbonyl (C=O) groups excluding carboxylic acids is 4. The van der Waals surface area contributed by atoms with Gasteiger partial charge >= 0.3 is 60.8 Å². The standard InChI is InChI=1S/2C27H44O5.Ba/c2*1-3-4-5-6-7-11-17-25(31-22-24-15-9-8-10-16-24)18-12-13-19-26(32-23(2)28)20-14-21-27(29)30;/h2*8-10,15-16,25-26H,3-7,11-14,17-22H2,1-2H3,(H,29,30);/q;;+2/p-2. The minimum Gasteiger partial charge on any atom is -0.550 e. The van der Waals surface area contributed by atoms with E-state index < -0.39 is 11.9 Å². The van der Waals surface area contributed by atoms with Crippen LogP contribution in [0.4, 0.5) is 0 Å². The molecule has 11 heteroatoms. The third-order valence-corrected chi connectivity index (χ3v) is 11.5. The summed E-state index contributed by atoms with van der Waals surface area (Å²) in [5.41, 5.74) is 2.39. The summed E-state index contributed by atoms with van der Waals surface area (Å²) in [6.07, 6.45) is 27.0. The zero-order valence-corrected chi connectivity index (χ0v) is 45.5. The van der Waals surface area contributed by atoms with Gasteiger partial charge in [0.15, 0.2) is 0 Å². The predicted octanol–water partition coefficient (Wildman–Crippen LogP) is 11.1. The van der Waals surface area contributed by atoms with Crippen molar-refractivity contribution in [3.8, 4) is 0 Å². The van der Waals surface area contributed by atoms with Crippen LogP contribution in [0.3, 0.4) is 0 Å². The Balaban J connectivity index is 0.00000124. The first kappa shape index (κ1) is 62.8. The quantitative estimate of drug-likeness (QED) is 0.0358. The summed E-state index contributed by atoms with van der Waals surface area (Å²) < 4.78 is 23.3. The molecule has 0 N–H and O–H groups in total. The molecule has 10 nitrogen and oxygen atoms in total. The number of unbranched alkanes of at least 4 members (excludes halogenated alkanes) is 12. The van der Waals surface area contributed by atoms with Crippen LogP contribution in [0.1, 0.15) is 219 Å². The maximum Gasteiger partial charge on any atom is 2.00 e. The van der Waals surface area contributed by atoms with Crippen LogP contribution >= 0.6 is 0 Å². The number of carbonyl (C=O) groups is 4. The molecule has 0 radical (unpaired) electrons. The van der Waals surface area contributed by atoms with E-state index in [-0.39, 0.29) is 98.1 Å². The van der Waals surface area contributed by atoms with Crippen molar-refractivity contribution >= 4 is 72.8 Å². The van der Waals surface area contributed by atoms with Gasteiger partial charge in [0.1, 0.15) is 12.2 Å². The number of ether oxygens (including phenoxy) is 4. The normalized spacial score (nSPS) is 12.7. The van der Waals surface area contributed by atoms with Gasteiger partial charge in [0, 0.05) is 25.8 Å². The van der Waals surface area contributed by atoms with Crippen LogP contribution in [0.5, 0.6) is 0 Å². The number of rotatable bonds is 40. The van der Waals surface area contributed by atoms with E-state index in [9.17, 15) is 29.4 Å². The number of esters is 2. The summed E-state index contributed by atoms with van der Waals surface area (Å²) in [4.78, 5) is 44.0. The molecule has 0 saturated carbocycles. The van der Waals surface area contributed by atoms with Gasteiger partial charge < -0.3 is 38.7 Å². The van der Waals surface area contributed by atoms with Gasteiger partial charge in [0.25, 0.3) is 0 Å². The van der Waals surface area contributed by atoms with E-state index >= 15 is 0 Å². The molecule has 0 fully saturated rings. The number of aliphatic carboxylic acids is 2. The molecule has 0 spiro atoms. The van der Waals surface area contributed by atoms with Crippen LogP contribution in [0, 0.1) is 0 Å². The van der Waals surface area contributed by atoms with Crippen molar-refractivity contribution in [2.45, 2.75) is 245 Å². The molecule has 0 aliphatic carbocycles. The number of hydrogen-bond acceptors (Lipinski definition) is 10. The minimum atomic E-state index is -1.06. The second kappa shape index (κ2) is 44.3. The van der Waals surface area contributed by atoms with Gasteiger partial charge in [-0.15, -0.1) is 0 Å². The van der Waals surface area contributed by atoms with Crippen LogP contribution in [-0.4, -0.2) is 97.2 Å².